The third-order valence-electron chi connectivity index (χ3n) is 2.42. The molecule has 0 bridgehead atoms. The van der Waals surface area contributed by atoms with Crippen LogP contribution >= 0.6 is 0 Å². The first-order valence-corrected chi connectivity index (χ1v) is 5.48. The quantitative estimate of drug-likeness (QED) is 0.790. The zero-order valence-electron chi connectivity index (χ0n) is 11.0. The highest BCUT2D eigenvalue weighted by Gasteiger charge is 2.16. The van der Waals surface area contributed by atoms with Crippen LogP contribution < -0.4 is 9.47 Å². The van der Waals surface area contributed by atoms with E-state index in [1.165, 1.54) is 6.08 Å². The standard InChI is InChI=1S/C14H19FO2/c1-14(2,3)13(15)9-10-6-7-11(16-4)12(8-10)17-5/h6-9H,1-5H3. The molecule has 0 heterocycles. The molecule has 1 aromatic rings. The highest BCUT2D eigenvalue weighted by Crippen LogP contribution is 2.31. The fraction of sp³-hybridized carbons (Fsp3) is 0.429. The third kappa shape index (κ3) is 3.48. The summed E-state index contributed by atoms with van der Waals surface area (Å²) in [5.41, 5.74) is 0.280. The number of rotatable bonds is 3. The average Bonchev–Trinajstić information content (AvgIpc) is 2.27. The highest BCUT2D eigenvalue weighted by atomic mass is 19.1. The van der Waals surface area contributed by atoms with Gasteiger partial charge in [-0.15, -0.1) is 0 Å². The lowest BCUT2D eigenvalue weighted by molar-refractivity contribution is 0.355. The molecular weight excluding hydrogens is 219 g/mol. The van der Waals surface area contributed by atoms with E-state index >= 15 is 0 Å². The second kappa shape index (κ2) is 5.21. The smallest absolute Gasteiger partial charge is 0.161 e. The molecule has 1 aromatic carbocycles. The van der Waals surface area contributed by atoms with E-state index in [-0.39, 0.29) is 5.83 Å². The van der Waals surface area contributed by atoms with Crippen molar-refractivity contribution in [3.8, 4) is 11.5 Å². The Kier molecular flexibility index (Phi) is 4.16. The Bertz CT molecular complexity index is 417. The van der Waals surface area contributed by atoms with Gasteiger partial charge >= 0.3 is 0 Å². The first-order valence-electron chi connectivity index (χ1n) is 5.48. The Balaban J connectivity index is 3.09. The maximum Gasteiger partial charge on any atom is 0.161 e. The Morgan fingerprint density at radius 1 is 1.12 bits per heavy atom. The van der Waals surface area contributed by atoms with E-state index in [9.17, 15) is 4.39 Å². The Labute approximate surface area is 102 Å². The van der Waals surface area contributed by atoms with Crippen molar-refractivity contribution >= 4 is 6.08 Å². The topological polar surface area (TPSA) is 18.5 Å². The second-order valence-corrected chi connectivity index (χ2v) is 4.86. The highest BCUT2D eigenvalue weighted by molar-refractivity contribution is 5.57. The van der Waals surface area contributed by atoms with Crippen molar-refractivity contribution < 1.29 is 13.9 Å². The van der Waals surface area contributed by atoms with Crippen molar-refractivity contribution in [2.45, 2.75) is 20.8 Å². The molecule has 0 aliphatic carbocycles. The van der Waals surface area contributed by atoms with Gasteiger partial charge < -0.3 is 9.47 Å². The summed E-state index contributed by atoms with van der Waals surface area (Å²) in [5.74, 6) is 1.08. The number of allylic oxidation sites excluding steroid dienone is 1. The molecule has 0 spiro atoms. The van der Waals surface area contributed by atoms with Crippen molar-refractivity contribution in [2.24, 2.45) is 5.41 Å². The van der Waals surface area contributed by atoms with Crippen LogP contribution in [0, 0.1) is 5.41 Å². The summed E-state index contributed by atoms with van der Waals surface area (Å²) in [6, 6.07) is 5.32. The number of methoxy groups -OCH3 is 2. The van der Waals surface area contributed by atoms with Crippen molar-refractivity contribution in [1.82, 2.24) is 0 Å². The zero-order valence-corrected chi connectivity index (χ0v) is 11.0. The van der Waals surface area contributed by atoms with Crippen molar-refractivity contribution in [2.75, 3.05) is 14.2 Å². The maximum atomic E-state index is 13.8. The molecule has 2 nitrogen and oxygen atoms in total. The molecule has 94 valence electrons. The lowest BCUT2D eigenvalue weighted by Gasteiger charge is -2.15. The largest absolute Gasteiger partial charge is 0.493 e. The molecule has 3 heteroatoms. The van der Waals surface area contributed by atoms with Gasteiger partial charge in [0.2, 0.25) is 0 Å². The van der Waals surface area contributed by atoms with E-state index < -0.39 is 5.41 Å². The molecule has 0 saturated heterocycles. The minimum Gasteiger partial charge on any atom is -0.493 e. The molecule has 0 amide bonds. The third-order valence-corrected chi connectivity index (χ3v) is 2.42. The van der Waals surface area contributed by atoms with Gasteiger partial charge in [0.15, 0.2) is 11.5 Å². The van der Waals surface area contributed by atoms with E-state index in [1.54, 1.807) is 32.4 Å². The first-order chi connectivity index (χ1) is 7.88. The molecule has 0 N–H and O–H groups in total. The van der Waals surface area contributed by atoms with E-state index in [0.29, 0.717) is 11.5 Å². The Morgan fingerprint density at radius 2 is 1.71 bits per heavy atom. The number of benzene rings is 1. The molecule has 1 rings (SSSR count). The van der Waals surface area contributed by atoms with Crippen LogP contribution in [-0.2, 0) is 0 Å². The lowest BCUT2D eigenvalue weighted by Crippen LogP contribution is -2.05. The van der Waals surface area contributed by atoms with Gasteiger partial charge in [-0.3, -0.25) is 0 Å². The van der Waals surface area contributed by atoms with Gasteiger partial charge in [0, 0.05) is 5.41 Å². The number of ether oxygens (including phenoxy) is 2. The summed E-state index contributed by atoms with van der Waals surface area (Å²) in [6.07, 6.45) is 1.52. The number of hydrogen-bond acceptors (Lipinski definition) is 2. The minimum atomic E-state index is -0.479. The van der Waals surface area contributed by atoms with Gasteiger partial charge in [-0.1, -0.05) is 26.8 Å². The Morgan fingerprint density at radius 3 is 2.18 bits per heavy atom. The van der Waals surface area contributed by atoms with Gasteiger partial charge in [0.25, 0.3) is 0 Å². The summed E-state index contributed by atoms with van der Waals surface area (Å²) in [6.45, 7) is 5.50. The normalized spacial score (nSPS) is 12.5. The van der Waals surface area contributed by atoms with Crippen LogP contribution in [0.15, 0.2) is 24.0 Å². The minimum absolute atomic E-state index is 0.162. The number of hydrogen-bond donors (Lipinski definition) is 0. The second-order valence-electron chi connectivity index (χ2n) is 4.86. The van der Waals surface area contributed by atoms with E-state index in [0.717, 1.165) is 5.56 Å². The van der Waals surface area contributed by atoms with Crippen LogP contribution in [0.4, 0.5) is 4.39 Å². The molecule has 0 aromatic heterocycles. The molecule has 0 aliphatic rings. The molecule has 0 fully saturated rings. The summed E-state index contributed by atoms with van der Waals surface area (Å²) >= 11 is 0. The Hall–Kier alpha value is -1.51. The summed E-state index contributed by atoms with van der Waals surface area (Å²) in [7, 11) is 3.13. The van der Waals surface area contributed by atoms with Gasteiger partial charge in [0.05, 0.1) is 14.2 Å². The fourth-order valence-corrected chi connectivity index (χ4v) is 1.31. The molecule has 17 heavy (non-hydrogen) atoms. The monoisotopic (exact) mass is 238 g/mol. The van der Waals surface area contributed by atoms with Crippen molar-refractivity contribution in [1.29, 1.82) is 0 Å². The predicted molar refractivity (Wildman–Crippen MR) is 68.1 cm³/mol. The van der Waals surface area contributed by atoms with Crippen molar-refractivity contribution in [3.05, 3.63) is 29.6 Å². The van der Waals surface area contributed by atoms with Crippen LogP contribution in [0.3, 0.4) is 0 Å². The van der Waals surface area contributed by atoms with Crippen LogP contribution in [0.1, 0.15) is 26.3 Å². The van der Waals surface area contributed by atoms with Gasteiger partial charge in [-0.2, -0.15) is 0 Å². The molecule has 0 atom stereocenters. The van der Waals surface area contributed by atoms with Crippen LogP contribution in [-0.4, -0.2) is 14.2 Å². The summed E-state index contributed by atoms with van der Waals surface area (Å²) < 4.78 is 24.1. The first kappa shape index (κ1) is 13.6. The van der Waals surface area contributed by atoms with Crippen LogP contribution in [0.25, 0.3) is 6.08 Å². The number of halogens is 1. The van der Waals surface area contributed by atoms with Gasteiger partial charge in [-0.25, -0.2) is 4.39 Å². The zero-order chi connectivity index (χ0) is 13.1. The van der Waals surface area contributed by atoms with Crippen LogP contribution in [0.2, 0.25) is 0 Å². The SMILES string of the molecule is COc1ccc(C=C(F)C(C)(C)C)cc1OC. The summed E-state index contributed by atoms with van der Waals surface area (Å²) in [4.78, 5) is 0. The molecular formula is C14H19FO2. The fourth-order valence-electron chi connectivity index (χ4n) is 1.31. The average molecular weight is 238 g/mol. The van der Waals surface area contributed by atoms with Gasteiger partial charge in [-0.05, 0) is 23.8 Å². The lowest BCUT2D eigenvalue weighted by atomic mass is 9.93. The summed E-state index contributed by atoms with van der Waals surface area (Å²) in [5, 5.41) is 0. The molecule has 0 saturated carbocycles. The van der Waals surface area contributed by atoms with E-state index in [4.69, 9.17) is 9.47 Å². The molecule has 0 radical (unpaired) electrons. The predicted octanol–water partition coefficient (Wildman–Crippen LogP) is 4.06. The molecule has 0 unspecified atom stereocenters. The molecule has 0 aliphatic heterocycles. The van der Waals surface area contributed by atoms with Gasteiger partial charge in [0.1, 0.15) is 5.83 Å². The maximum absolute atomic E-state index is 13.8. The van der Waals surface area contributed by atoms with E-state index in [1.807, 2.05) is 20.8 Å². The van der Waals surface area contributed by atoms with E-state index in [2.05, 4.69) is 0 Å². The van der Waals surface area contributed by atoms with Crippen molar-refractivity contribution in [3.63, 3.8) is 0 Å². The van der Waals surface area contributed by atoms with Crippen LogP contribution in [0.5, 0.6) is 11.5 Å².